The van der Waals surface area contributed by atoms with Crippen LogP contribution in [-0.2, 0) is 14.3 Å². The molecule has 0 saturated carbocycles. The number of ether oxygens (including phenoxy) is 2. The fourth-order valence-corrected chi connectivity index (χ4v) is 4.29. The van der Waals surface area contributed by atoms with Crippen molar-refractivity contribution in [2.24, 2.45) is 0 Å². The van der Waals surface area contributed by atoms with Crippen LogP contribution in [-0.4, -0.2) is 40.6 Å². The molecule has 1 saturated heterocycles. The molecular weight excluding hydrogens is 454 g/mol. The minimum Gasteiger partial charge on any atom is -0.462 e. The summed E-state index contributed by atoms with van der Waals surface area (Å²) in [6, 6.07) is 19.6. The number of imide groups is 1. The normalized spacial score (nSPS) is 14.8. The highest BCUT2D eigenvalue weighted by molar-refractivity contribution is 8.18. The van der Waals surface area contributed by atoms with Gasteiger partial charge in [-0.1, -0.05) is 54.6 Å². The minimum atomic E-state index is -0.664. The number of carbonyl (C=O) groups excluding carboxylic acids is 4. The van der Waals surface area contributed by atoms with Gasteiger partial charge in [0.2, 0.25) is 0 Å². The van der Waals surface area contributed by atoms with Crippen LogP contribution in [0.1, 0.15) is 29.8 Å². The molecule has 8 heteroatoms. The highest BCUT2D eigenvalue weighted by Gasteiger charge is 2.37. The first-order valence-electron chi connectivity index (χ1n) is 10.6. The lowest BCUT2D eigenvalue weighted by molar-refractivity contribution is -0.149. The zero-order valence-electron chi connectivity index (χ0n) is 18.5. The van der Waals surface area contributed by atoms with Gasteiger partial charge in [-0.2, -0.15) is 0 Å². The molecule has 34 heavy (non-hydrogen) atoms. The van der Waals surface area contributed by atoms with Gasteiger partial charge in [-0.05, 0) is 54.6 Å². The Morgan fingerprint density at radius 1 is 0.971 bits per heavy atom. The number of thioether (sulfide) groups is 1. The molecule has 0 aromatic heterocycles. The largest absolute Gasteiger partial charge is 0.462 e. The quantitative estimate of drug-likeness (QED) is 0.280. The first-order chi connectivity index (χ1) is 16.3. The molecule has 0 radical (unpaired) electrons. The van der Waals surface area contributed by atoms with Gasteiger partial charge in [0.25, 0.3) is 11.1 Å². The van der Waals surface area contributed by atoms with Crippen LogP contribution in [0.2, 0.25) is 0 Å². The van der Waals surface area contributed by atoms with E-state index in [9.17, 15) is 19.2 Å². The van der Waals surface area contributed by atoms with Crippen LogP contribution in [0.3, 0.4) is 0 Å². The Morgan fingerprint density at radius 3 is 2.47 bits per heavy atom. The Hall–Kier alpha value is -3.91. The molecule has 0 unspecified atom stereocenters. The predicted octanol–water partition coefficient (Wildman–Crippen LogP) is 5.05. The van der Waals surface area contributed by atoms with Crippen LogP contribution in [0.25, 0.3) is 16.8 Å². The lowest BCUT2D eigenvalue weighted by Crippen LogP contribution is -2.35. The Kier molecular flexibility index (Phi) is 6.79. The molecule has 2 amide bonds. The summed E-state index contributed by atoms with van der Waals surface area (Å²) >= 11 is 0.714. The van der Waals surface area contributed by atoms with Crippen molar-refractivity contribution < 1.29 is 28.7 Å². The summed E-state index contributed by atoms with van der Waals surface area (Å²) in [4.78, 5) is 50.9. The molecule has 1 aliphatic rings. The minimum absolute atomic E-state index is 0.121. The van der Waals surface area contributed by atoms with Crippen molar-refractivity contribution >= 4 is 51.7 Å². The van der Waals surface area contributed by atoms with E-state index in [0.717, 1.165) is 15.7 Å². The van der Waals surface area contributed by atoms with Crippen molar-refractivity contribution in [2.45, 2.75) is 20.0 Å². The van der Waals surface area contributed by atoms with E-state index in [4.69, 9.17) is 9.47 Å². The van der Waals surface area contributed by atoms with Gasteiger partial charge in [0, 0.05) is 5.56 Å². The number of hydrogen-bond acceptors (Lipinski definition) is 7. The maximum atomic E-state index is 13.0. The highest BCUT2D eigenvalue weighted by atomic mass is 32.2. The highest BCUT2D eigenvalue weighted by Crippen LogP contribution is 2.34. The summed E-state index contributed by atoms with van der Waals surface area (Å²) in [6.45, 7) is 2.90. The van der Waals surface area contributed by atoms with Crippen molar-refractivity contribution in [3.63, 3.8) is 0 Å². The van der Waals surface area contributed by atoms with Crippen LogP contribution in [0.15, 0.2) is 71.6 Å². The summed E-state index contributed by atoms with van der Waals surface area (Å²) in [7, 11) is 0. The topological polar surface area (TPSA) is 90.0 Å². The van der Waals surface area contributed by atoms with Gasteiger partial charge < -0.3 is 9.47 Å². The first kappa shape index (κ1) is 23.3. The Labute approximate surface area is 200 Å². The number of para-hydroxylation sites is 1. The summed E-state index contributed by atoms with van der Waals surface area (Å²) < 4.78 is 10.7. The average Bonchev–Trinajstić information content (AvgIpc) is 3.06. The van der Waals surface area contributed by atoms with E-state index in [2.05, 4.69) is 0 Å². The third-order valence-corrected chi connectivity index (χ3v) is 5.85. The number of benzene rings is 3. The lowest BCUT2D eigenvalue weighted by Gasteiger charge is -2.13. The zero-order chi connectivity index (χ0) is 24.2. The van der Waals surface area contributed by atoms with Crippen LogP contribution < -0.4 is 4.74 Å². The monoisotopic (exact) mass is 475 g/mol. The smallest absolute Gasteiger partial charge is 0.344 e. The summed E-state index contributed by atoms with van der Waals surface area (Å²) in [5.74, 6) is -1.57. The predicted molar refractivity (Wildman–Crippen MR) is 129 cm³/mol. The molecule has 0 atom stereocenters. The average molecular weight is 476 g/mol. The molecule has 172 valence electrons. The molecular formula is C26H21NO6S. The Bertz CT molecular complexity index is 1320. The first-order valence-corrected chi connectivity index (χ1v) is 11.4. The van der Waals surface area contributed by atoms with Crippen molar-refractivity contribution in [1.82, 2.24) is 4.90 Å². The second-order valence-electron chi connectivity index (χ2n) is 7.76. The van der Waals surface area contributed by atoms with Crippen LogP contribution in [0, 0.1) is 0 Å². The van der Waals surface area contributed by atoms with Gasteiger partial charge in [0.1, 0.15) is 12.3 Å². The summed E-state index contributed by atoms with van der Waals surface area (Å²) in [5.41, 5.74) is 0.864. The second-order valence-corrected chi connectivity index (χ2v) is 8.75. The van der Waals surface area contributed by atoms with E-state index in [1.807, 2.05) is 30.3 Å². The van der Waals surface area contributed by atoms with Crippen molar-refractivity contribution in [3.05, 3.63) is 82.8 Å². The number of rotatable bonds is 6. The summed E-state index contributed by atoms with van der Waals surface area (Å²) in [5, 5.41) is 1.11. The number of hydrogen-bond donors (Lipinski definition) is 0. The number of esters is 2. The summed E-state index contributed by atoms with van der Waals surface area (Å²) in [6.07, 6.45) is 1.12. The van der Waals surface area contributed by atoms with Gasteiger partial charge in [-0.15, -0.1) is 0 Å². The molecule has 1 aliphatic heterocycles. The molecule has 0 N–H and O–H groups in total. The van der Waals surface area contributed by atoms with E-state index >= 15 is 0 Å². The third kappa shape index (κ3) is 5.02. The van der Waals surface area contributed by atoms with Crippen LogP contribution in [0.5, 0.6) is 5.75 Å². The van der Waals surface area contributed by atoms with Gasteiger partial charge in [-0.3, -0.25) is 19.3 Å². The molecule has 1 fully saturated rings. The van der Waals surface area contributed by atoms with Crippen molar-refractivity contribution in [2.75, 3.05) is 6.54 Å². The van der Waals surface area contributed by atoms with Gasteiger partial charge in [-0.25, -0.2) is 4.79 Å². The van der Waals surface area contributed by atoms with E-state index in [0.29, 0.717) is 22.9 Å². The van der Waals surface area contributed by atoms with E-state index in [1.165, 1.54) is 6.08 Å². The van der Waals surface area contributed by atoms with Gasteiger partial charge in [0.15, 0.2) is 0 Å². The van der Waals surface area contributed by atoms with Crippen molar-refractivity contribution in [3.8, 4) is 5.75 Å². The van der Waals surface area contributed by atoms with Gasteiger partial charge >= 0.3 is 11.9 Å². The molecule has 0 bridgehead atoms. The SMILES string of the molecule is CC(C)OC(=O)CN1C(=O)S/C(=C\c2ccccc2OC(=O)c2cccc3ccccc23)C1=O. The molecule has 1 heterocycles. The maximum absolute atomic E-state index is 13.0. The molecule has 0 spiro atoms. The Balaban J connectivity index is 1.57. The number of fused-ring (bicyclic) bond motifs is 1. The zero-order valence-corrected chi connectivity index (χ0v) is 19.3. The van der Waals surface area contributed by atoms with E-state index in [1.54, 1.807) is 50.2 Å². The van der Waals surface area contributed by atoms with Crippen LogP contribution >= 0.6 is 11.8 Å². The number of amides is 2. The third-order valence-electron chi connectivity index (χ3n) is 4.95. The standard InChI is InChI=1S/C26H21NO6S/c1-16(2)32-23(28)15-27-24(29)22(34-26(27)31)14-18-9-4-6-13-21(18)33-25(30)20-12-7-10-17-8-3-5-11-19(17)20/h3-14,16H,15H2,1-2H3/b22-14-. The molecule has 3 aromatic carbocycles. The number of nitrogens with zero attached hydrogens (tertiary/aromatic N) is 1. The van der Waals surface area contributed by atoms with Crippen molar-refractivity contribution in [1.29, 1.82) is 0 Å². The lowest BCUT2D eigenvalue weighted by atomic mass is 10.0. The molecule has 7 nitrogen and oxygen atoms in total. The van der Waals surface area contributed by atoms with Crippen LogP contribution in [0.4, 0.5) is 4.79 Å². The van der Waals surface area contributed by atoms with E-state index < -0.39 is 29.6 Å². The molecule has 4 rings (SSSR count). The second kappa shape index (κ2) is 9.93. The number of carbonyl (C=O) groups is 4. The Morgan fingerprint density at radius 2 is 1.68 bits per heavy atom. The molecule has 0 aliphatic carbocycles. The molecule has 3 aromatic rings. The fourth-order valence-electron chi connectivity index (χ4n) is 3.46. The van der Waals surface area contributed by atoms with E-state index in [-0.39, 0.29) is 16.8 Å². The van der Waals surface area contributed by atoms with Gasteiger partial charge in [0.05, 0.1) is 16.6 Å². The fraction of sp³-hybridized carbons (Fsp3) is 0.154. The maximum Gasteiger partial charge on any atom is 0.344 e.